The second-order valence-corrected chi connectivity index (χ2v) is 4.21. The first-order chi connectivity index (χ1) is 9.52. The van der Waals surface area contributed by atoms with E-state index < -0.39 is 17.5 Å². The van der Waals surface area contributed by atoms with Gasteiger partial charge in [0.15, 0.2) is 0 Å². The van der Waals surface area contributed by atoms with Crippen LogP contribution in [-0.4, -0.2) is 5.91 Å². The summed E-state index contributed by atoms with van der Waals surface area (Å²) in [4.78, 5) is 11.9. The Balaban J connectivity index is 2.33. The monoisotopic (exact) mass is 272 g/mol. The Morgan fingerprint density at radius 1 is 1.20 bits per heavy atom. The Hall–Kier alpha value is -2.74. The molecule has 0 aromatic heterocycles. The van der Waals surface area contributed by atoms with Gasteiger partial charge in [-0.15, -0.1) is 0 Å². The lowest BCUT2D eigenvalue weighted by atomic mass is 10.1. The molecule has 3 nitrogen and oxygen atoms in total. The molecule has 1 N–H and O–H groups in total. The van der Waals surface area contributed by atoms with E-state index in [0.29, 0.717) is 5.56 Å². The summed E-state index contributed by atoms with van der Waals surface area (Å²) in [7, 11) is 0. The molecule has 100 valence electrons. The van der Waals surface area contributed by atoms with Crippen molar-refractivity contribution in [3.05, 3.63) is 64.7 Å². The highest BCUT2D eigenvalue weighted by Crippen LogP contribution is 2.19. The smallest absolute Gasteiger partial charge is 0.258 e. The van der Waals surface area contributed by atoms with Crippen molar-refractivity contribution < 1.29 is 13.6 Å². The minimum absolute atomic E-state index is 0.0116. The molecule has 0 heterocycles. The number of nitrogens with one attached hydrogen (secondary N) is 1. The van der Waals surface area contributed by atoms with Crippen molar-refractivity contribution >= 4 is 11.6 Å². The summed E-state index contributed by atoms with van der Waals surface area (Å²) in [6.07, 6.45) is 0. The number of carbonyl (C=O) groups excluding carboxylic acids is 1. The maximum atomic E-state index is 13.7. The van der Waals surface area contributed by atoms with Crippen LogP contribution in [0.2, 0.25) is 0 Å². The lowest BCUT2D eigenvalue weighted by molar-refractivity contribution is 0.102. The zero-order valence-corrected chi connectivity index (χ0v) is 10.6. The number of carbonyl (C=O) groups is 1. The summed E-state index contributed by atoms with van der Waals surface area (Å²) >= 11 is 0. The van der Waals surface area contributed by atoms with Crippen LogP contribution in [0.1, 0.15) is 21.5 Å². The second-order valence-electron chi connectivity index (χ2n) is 4.21. The van der Waals surface area contributed by atoms with Crippen LogP contribution in [-0.2, 0) is 0 Å². The van der Waals surface area contributed by atoms with Gasteiger partial charge in [0.1, 0.15) is 23.3 Å². The van der Waals surface area contributed by atoms with Gasteiger partial charge in [-0.2, -0.15) is 5.26 Å². The highest BCUT2D eigenvalue weighted by atomic mass is 19.1. The predicted molar refractivity (Wildman–Crippen MR) is 70.2 cm³/mol. The van der Waals surface area contributed by atoms with E-state index in [0.717, 1.165) is 6.07 Å². The number of amides is 1. The van der Waals surface area contributed by atoms with Crippen LogP contribution in [0.25, 0.3) is 0 Å². The van der Waals surface area contributed by atoms with Crippen LogP contribution >= 0.6 is 0 Å². The molecule has 2 aromatic carbocycles. The van der Waals surface area contributed by atoms with Crippen molar-refractivity contribution in [2.75, 3.05) is 5.32 Å². The van der Waals surface area contributed by atoms with Crippen molar-refractivity contribution in [1.29, 1.82) is 5.26 Å². The van der Waals surface area contributed by atoms with Gasteiger partial charge in [-0.1, -0.05) is 12.1 Å². The number of benzene rings is 2. The van der Waals surface area contributed by atoms with Crippen LogP contribution in [0.4, 0.5) is 14.5 Å². The predicted octanol–water partition coefficient (Wildman–Crippen LogP) is 3.40. The first-order valence-corrected chi connectivity index (χ1v) is 5.79. The second kappa shape index (κ2) is 5.49. The van der Waals surface area contributed by atoms with Gasteiger partial charge < -0.3 is 5.32 Å². The average molecular weight is 272 g/mol. The molecule has 0 atom stereocenters. The van der Waals surface area contributed by atoms with Crippen LogP contribution in [0, 0.1) is 29.9 Å². The summed E-state index contributed by atoms with van der Waals surface area (Å²) in [5.74, 6) is -2.14. The quantitative estimate of drug-likeness (QED) is 0.911. The molecule has 0 saturated carbocycles. The minimum Gasteiger partial charge on any atom is -0.321 e. The van der Waals surface area contributed by atoms with E-state index in [2.05, 4.69) is 5.32 Å². The average Bonchev–Trinajstić information content (AvgIpc) is 2.38. The Morgan fingerprint density at radius 2 is 1.95 bits per heavy atom. The fraction of sp³-hybridized carbons (Fsp3) is 0.0667. The number of rotatable bonds is 2. The Morgan fingerprint density at radius 3 is 2.60 bits per heavy atom. The number of nitrogens with zero attached hydrogens (tertiary/aromatic N) is 1. The fourth-order valence-corrected chi connectivity index (χ4v) is 1.74. The van der Waals surface area contributed by atoms with E-state index in [4.69, 9.17) is 5.26 Å². The molecular weight excluding hydrogens is 262 g/mol. The highest BCUT2D eigenvalue weighted by molar-refractivity contribution is 6.05. The van der Waals surface area contributed by atoms with Crippen LogP contribution in [0.15, 0.2) is 36.4 Å². The third-order valence-corrected chi connectivity index (χ3v) is 2.74. The molecule has 0 unspecified atom stereocenters. The van der Waals surface area contributed by atoms with Crippen molar-refractivity contribution in [1.82, 2.24) is 0 Å². The molecule has 0 bridgehead atoms. The van der Waals surface area contributed by atoms with E-state index in [1.807, 2.05) is 0 Å². The molecule has 2 rings (SSSR count). The molecule has 0 aliphatic heterocycles. The van der Waals surface area contributed by atoms with Gasteiger partial charge in [-0.25, -0.2) is 8.78 Å². The normalized spacial score (nSPS) is 9.90. The maximum absolute atomic E-state index is 13.7. The Labute approximate surface area is 114 Å². The SMILES string of the molecule is Cc1ccc(C(=O)Nc2cccc(F)c2C#N)c(F)c1. The Kier molecular flexibility index (Phi) is 3.76. The topological polar surface area (TPSA) is 52.9 Å². The molecule has 1 amide bonds. The largest absolute Gasteiger partial charge is 0.321 e. The van der Waals surface area contributed by atoms with Crippen LogP contribution in [0.3, 0.4) is 0 Å². The standard InChI is InChI=1S/C15H10F2N2O/c1-9-5-6-10(13(17)7-9)15(20)19-14-4-2-3-12(16)11(14)8-18/h2-7H,1H3,(H,19,20). The maximum Gasteiger partial charge on any atom is 0.258 e. The molecule has 5 heteroatoms. The van der Waals surface area contributed by atoms with Gasteiger partial charge in [-0.3, -0.25) is 4.79 Å². The zero-order chi connectivity index (χ0) is 14.7. The summed E-state index contributed by atoms with van der Waals surface area (Å²) in [5.41, 5.74) is 0.247. The van der Waals surface area contributed by atoms with Gasteiger partial charge in [-0.05, 0) is 36.8 Å². The highest BCUT2D eigenvalue weighted by Gasteiger charge is 2.15. The van der Waals surface area contributed by atoms with Crippen LogP contribution in [0.5, 0.6) is 0 Å². The number of nitriles is 1. The summed E-state index contributed by atoms with van der Waals surface area (Å²) in [6, 6.07) is 9.67. The minimum atomic E-state index is -0.741. The lowest BCUT2D eigenvalue weighted by Gasteiger charge is -2.08. The molecule has 0 saturated heterocycles. The molecule has 0 spiro atoms. The zero-order valence-electron chi connectivity index (χ0n) is 10.6. The molecule has 0 aliphatic rings. The van der Waals surface area contributed by atoms with Gasteiger partial charge in [0.25, 0.3) is 5.91 Å². The van der Waals surface area contributed by atoms with Gasteiger partial charge >= 0.3 is 0 Å². The third-order valence-electron chi connectivity index (χ3n) is 2.74. The Bertz CT molecular complexity index is 720. The van der Waals surface area contributed by atoms with E-state index in [9.17, 15) is 13.6 Å². The van der Waals surface area contributed by atoms with Gasteiger partial charge in [0.2, 0.25) is 0 Å². The fourth-order valence-electron chi connectivity index (χ4n) is 1.74. The summed E-state index contributed by atoms with van der Waals surface area (Å²) in [6.45, 7) is 1.70. The third kappa shape index (κ3) is 2.64. The molecule has 0 fully saturated rings. The number of hydrogen-bond acceptors (Lipinski definition) is 2. The number of halogens is 2. The first kappa shape index (κ1) is 13.7. The van der Waals surface area contributed by atoms with Crippen molar-refractivity contribution in [3.63, 3.8) is 0 Å². The van der Waals surface area contributed by atoms with Crippen LogP contribution < -0.4 is 5.32 Å². The summed E-state index contributed by atoms with van der Waals surface area (Å²) in [5, 5.41) is 11.2. The molecule has 2 aromatic rings. The number of anilines is 1. The molecule has 0 aliphatic carbocycles. The first-order valence-electron chi connectivity index (χ1n) is 5.79. The van der Waals surface area contributed by atoms with Crippen molar-refractivity contribution in [2.45, 2.75) is 6.92 Å². The molecule has 0 radical (unpaired) electrons. The molecular formula is C15H10F2N2O. The number of hydrogen-bond donors (Lipinski definition) is 1. The van der Waals surface area contributed by atoms with E-state index >= 15 is 0 Å². The van der Waals surface area contributed by atoms with Gasteiger partial charge in [0.05, 0.1) is 11.3 Å². The molecule has 20 heavy (non-hydrogen) atoms. The van der Waals surface area contributed by atoms with E-state index in [-0.39, 0.29) is 16.8 Å². The number of aryl methyl sites for hydroxylation is 1. The summed E-state index contributed by atoms with van der Waals surface area (Å²) < 4.78 is 27.1. The van der Waals surface area contributed by atoms with Crippen molar-refractivity contribution in [3.8, 4) is 6.07 Å². The lowest BCUT2D eigenvalue weighted by Crippen LogP contribution is -2.15. The van der Waals surface area contributed by atoms with Crippen molar-refractivity contribution in [2.24, 2.45) is 0 Å². The van der Waals surface area contributed by atoms with E-state index in [1.165, 1.54) is 24.3 Å². The van der Waals surface area contributed by atoms with E-state index in [1.54, 1.807) is 19.1 Å². The van der Waals surface area contributed by atoms with Gasteiger partial charge in [0, 0.05) is 0 Å².